The van der Waals surface area contributed by atoms with E-state index in [9.17, 15) is 5.11 Å². The van der Waals surface area contributed by atoms with Gasteiger partial charge in [0, 0.05) is 6.42 Å². The molecule has 1 N–H and O–H groups in total. The molecule has 1 atom stereocenters. The van der Waals surface area contributed by atoms with Gasteiger partial charge in [0.2, 0.25) is 0 Å². The molecule has 0 bridgehead atoms. The van der Waals surface area contributed by atoms with Gasteiger partial charge in [-0.2, -0.15) is 0 Å². The number of aliphatic hydroxyl groups excluding tert-OH is 1. The van der Waals surface area contributed by atoms with Crippen LogP contribution >= 0.6 is 0 Å². The third-order valence-electron chi connectivity index (χ3n) is 5.82. The van der Waals surface area contributed by atoms with Crippen molar-refractivity contribution < 1.29 is 5.11 Å². The zero-order chi connectivity index (χ0) is 26.1. The van der Waals surface area contributed by atoms with Gasteiger partial charge >= 0.3 is 0 Å². The maximum absolute atomic E-state index is 10.7. The minimum absolute atomic E-state index is 0.0417. The normalized spacial score (nSPS) is 16.4. The number of allylic oxidation sites excluding steroid dienone is 7. The second kappa shape index (κ2) is 11.2. The van der Waals surface area contributed by atoms with E-state index in [4.69, 9.17) is 92.7 Å². The molecule has 22 radical (unpaired) electrons. The first-order chi connectivity index (χ1) is 15.8. The van der Waals surface area contributed by atoms with Crippen LogP contribution in [0.5, 0.6) is 0 Å². The summed E-state index contributed by atoms with van der Waals surface area (Å²) in [5.74, 6) is 1.04. The van der Waals surface area contributed by atoms with Crippen molar-refractivity contribution in [2.24, 2.45) is 0 Å². The van der Waals surface area contributed by atoms with E-state index in [0.717, 1.165) is 0 Å². The van der Waals surface area contributed by atoms with Crippen LogP contribution < -0.4 is 32.3 Å². The van der Waals surface area contributed by atoms with Crippen molar-refractivity contribution in [2.75, 3.05) is 0 Å². The highest BCUT2D eigenvalue weighted by molar-refractivity contribution is 6.62. The molecule has 1 aliphatic carbocycles. The topological polar surface area (TPSA) is 20.2 Å². The smallest absolute Gasteiger partial charge is 0.125 e. The SMILES string of the molecule is [B]C(=C)/C([B])=C(/[B])C([B])C1=c2c([B])c([B])c([B])c([B])c2=C(C/C(O)=C([B])\C([B])=C(\[B])C#C)CC1. The fourth-order valence-electron chi connectivity index (χ4n) is 3.77. The lowest BCUT2D eigenvalue weighted by molar-refractivity contribution is 0.400. The van der Waals surface area contributed by atoms with Gasteiger partial charge in [0.1, 0.15) is 78.5 Å². The first-order valence-corrected chi connectivity index (χ1v) is 10.1. The van der Waals surface area contributed by atoms with Crippen LogP contribution in [0.1, 0.15) is 19.3 Å². The molecule has 1 aromatic rings. The molecule has 1 aliphatic rings. The van der Waals surface area contributed by atoms with E-state index in [1.54, 1.807) is 0 Å². The van der Waals surface area contributed by atoms with Crippen LogP contribution in [0, 0.1) is 12.3 Å². The van der Waals surface area contributed by atoms with Crippen LogP contribution in [0.3, 0.4) is 0 Å². The minimum Gasteiger partial charge on any atom is -0.513 e. The molecule has 0 saturated heterocycles. The summed E-state index contributed by atoms with van der Waals surface area (Å²) >= 11 is 0. The van der Waals surface area contributed by atoms with Gasteiger partial charge in [-0.3, -0.25) is 0 Å². The number of terminal acetylenes is 1. The van der Waals surface area contributed by atoms with Gasteiger partial charge in [0.25, 0.3) is 0 Å². The largest absolute Gasteiger partial charge is 0.513 e. The lowest BCUT2D eigenvalue weighted by Crippen LogP contribution is -2.65. The molecule has 0 amide bonds. The molecule has 12 heteroatoms. The zero-order valence-corrected chi connectivity index (χ0v) is 18.8. The second-order valence-electron chi connectivity index (χ2n) is 7.91. The number of benzene rings is 1. The predicted octanol–water partition coefficient (Wildman–Crippen LogP) is -4.35. The zero-order valence-electron chi connectivity index (χ0n) is 18.8. The Labute approximate surface area is 217 Å². The third kappa shape index (κ3) is 5.30. The van der Waals surface area contributed by atoms with Crippen LogP contribution in [0.2, 0.25) is 5.82 Å². The van der Waals surface area contributed by atoms with Crippen molar-refractivity contribution in [3.63, 3.8) is 0 Å². The first kappa shape index (κ1) is 28.2. The molecule has 0 fully saturated rings. The van der Waals surface area contributed by atoms with Gasteiger partial charge in [-0.05, 0) is 29.1 Å². The molecule has 1 aromatic carbocycles. The van der Waals surface area contributed by atoms with Crippen molar-refractivity contribution in [1.82, 2.24) is 0 Å². The number of rotatable bonds is 6. The van der Waals surface area contributed by atoms with Gasteiger partial charge in [-0.1, -0.05) is 44.4 Å². The number of aliphatic hydroxyl groups is 1. The Balaban J connectivity index is 2.95. The molecule has 1 unspecified atom stereocenters. The lowest BCUT2D eigenvalue weighted by atomic mass is 9.57. The van der Waals surface area contributed by atoms with Crippen LogP contribution in [-0.4, -0.2) is 91.4 Å². The van der Waals surface area contributed by atoms with E-state index in [1.807, 2.05) is 0 Å². The molecule has 0 aromatic heterocycles. The Morgan fingerprint density at radius 3 is 1.88 bits per heavy atom. The molecular formula is C22H11B11O. The van der Waals surface area contributed by atoms with Crippen molar-refractivity contribution in [1.29, 1.82) is 0 Å². The minimum atomic E-state index is -0.867. The lowest BCUT2D eigenvalue weighted by Gasteiger charge is -2.29. The Kier molecular flexibility index (Phi) is 9.26. The maximum atomic E-state index is 10.7. The molecule has 138 valence electrons. The van der Waals surface area contributed by atoms with Crippen LogP contribution in [0.4, 0.5) is 0 Å². The summed E-state index contributed by atoms with van der Waals surface area (Å²) in [6.07, 6.45) is 5.98. The van der Waals surface area contributed by atoms with Gasteiger partial charge in [0.05, 0.1) is 13.6 Å². The summed E-state index contributed by atoms with van der Waals surface area (Å²) in [6.45, 7) is 3.58. The van der Waals surface area contributed by atoms with E-state index in [2.05, 4.69) is 12.5 Å². The molecule has 0 aliphatic heterocycles. The Bertz CT molecular complexity index is 1330. The summed E-state index contributed by atoms with van der Waals surface area (Å²) in [6, 6.07) is 0. The van der Waals surface area contributed by atoms with Crippen molar-refractivity contribution in [3.05, 3.63) is 55.6 Å². The van der Waals surface area contributed by atoms with Crippen LogP contribution in [0.15, 0.2) is 45.2 Å². The van der Waals surface area contributed by atoms with E-state index < -0.39 is 5.82 Å². The predicted molar refractivity (Wildman–Crippen MR) is 154 cm³/mol. The monoisotopic (exact) mass is 412 g/mol. The van der Waals surface area contributed by atoms with E-state index in [0.29, 0.717) is 34.4 Å². The third-order valence-corrected chi connectivity index (χ3v) is 5.82. The summed E-state index contributed by atoms with van der Waals surface area (Å²) < 4.78 is 0. The second-order valence-corrected chi connectivity index (χ2v) is 7.91. The molecule has 1 nitrogen and oxygen atoms in total. The number of fused-ring (bicyclic) bond motifs is 1. The fraction of sp³-hybridized carbons (Fsp3) is 0.182. The maximum Gasteiger partial charge on any atom is 0.125 e. The molecule has 0 spiro atoms. The fourth-order valence-corrected chi connectivity index (χ4v) is 3.77. The van der Waals surface area contributed by atoms with Gasteiger partial charge in [0.15, 0.2) is 0 Å². The molecule has 0 heterocycles. The van der Waals surface area contributed by atoms with Crippen molar-refractivity contribution in [2.45, 2.75) is 25.1 Å². The average Bonchev–Trinajstić information content (AvgIpc) is 2.82. The summed E-state index contributed by atoms with van der Waals surface area (Å²) in [5, 5.41) is 11.6. The molecular weight excluding hydrogens is 399 g/mol. The van der Waals surface area contributed by atoms with Gasteiger partial charge in [-0.25, -0.2) is 0 Å². The van der Waals surface area contributed by atoms with E-state index >= 15 is 0 Å². The van der Waals surface area contributed by atoms with Crippen molar-refractivity contribution >= 4 is 119 Å². The Morgan fingerprint density at radius 2 is 1.38 bits per heavy atom. The molecule has 2 rings (SSSR count). The summed E-state index contributed by atoms with van der Waals surface area (Å²) in [7, 11) is 66.5. The Morgan fingerprint density at radius 1 is 0.853 bits per heavy atom. The highest BCUT2D eigenvalue weighted by atomic mass is 16.3. The standard InChI is InChI=1S/C22H11B11O/c1-3-10(24)16(27)17(28)11(34)6-8-4-5-9(15(26)20(31)14(25)7(2)23)13-12(8)18(29)21(32)22(33)19(13)30/h1,15,34H,2,4-6H2/b16-10-,17-11-,20-14-. The number of hydrogen-bond donors (Lipinski definition) is 1. The van der Waals surface area contributed by atoms with E-state index in [1.165, 1.54) is 0 Å². The Hall–Kier alpha value is -2.01. The van der Waals surface area contributed by atoms with Crippen molar-refractivity contribution in [3.8, 4) is 12.3 Å². The first-order valence-electron chi connectivity index (χ1n) is 10.1. The number of hydrogen-bond acceptors (Lipinski definition) is 1. The van der Waals surface area contributed by atoms with Gasteiger partial charge in [-0.15, -0.1) is 40.3 Å². The highest BCUT2D eigenvalue weighted by Crippen LogP contribution is 2.31. The van der Waals surface area contributed by atoms with E-state index in [-0.39, 0.29) is 66.9 Å². The highest BCUT2D eigenvalue weighted by Gasteiger charge is 2.22. The van der Waals surface area contributed by atoms with Crippen LogP contribution in [0.25, 0.3) is 11.1 Å². The van der Waals surface area contributed by atoms with Crippen LogP contribution in [-0.2, 0) is 0 Å². The molecule has 0 saturated carbocycles. The average molecular weight is 410 g/mol. The summed E-state index contributed by atoms with van der Waals surface area (Å²) in [4.78, 5) is 0. The molecule has 34 heavy (non-hydrogen) atoms. The quantitative estimate of drug-likeness (QED) is 0.218. The summed E-state index contributed by atoms with van der Waals surface area (Å²) in [5.41, 5.74) is 1.64. The van der Waals surface area contributed by atoms with Gasteiger partial charge < -0.3 is 5.11 Å².